The maximum absolute atomic E-state index is 12.1. The molecular weight excluding hydrogens is 256 g/mol. The van der Waals surface area contributed by atoms with Crippen LogP contribution in [0.1, 0.15) is 17.3 Å². The van der Waals surface area contributed by atoms with E-state index in [0.717, 1.165) is 11.1 Å². The molecule has 1 heterocycles. The summed E-state index contributed by atoms with van der Waals surface area (Å²) in [5.74, 6) is 5.97. The van der Waals surface area contributed by atoms with Crippen LogP contribution in [0.4, 0.5) is 0 Å². The molecule has 1 aromatic carbocycles. The van der Waals surface area contributed by atoms with Crippen LogP contribution in [-0.2, 0) is 4.74 Å². The van der Waals surface area contributed by atoms with Gasteiger partial charge in [-0.1, -0.05) is 22.9 Å². The lowest BCUT2D eigenvalue weighted by Crippen LogP contribution is -2.44. The van der Waals surface area contributed by atoms with Gasteiger partial charge < -0.3 is 9.47 Å². The average Bonchev–Trinajstić information content (AvgIpc) is 2.47. The number of ether oxygens (including phenoxy) is 2. The highest BCUT2D eigenvalue weighted by Crippen LogP contribution is 2.31. The summed E-state index contributed by atoms with van der Waals surface area (Å²) >= 11 is 0. The zero-order valence-corrected chi connectivity index (χ0v) is 11.5. The predicted octanol–water partition coefficient (Wildman–Crippen LogP) is 1.54. The lowest BCUT2D eigenvalue weighted by molar-refractivity contribution is -0.638. The summed E-state index contributed by atoms with van der Waals surface area (Å²) in [4.78, 5) is 12.1. The van der Waals surface area contributed by atoms with Crippen molar-refractivity contribution in [3.05, 3.63) is 48.3 Å². The number of nitrogens with zero attached hydrogens (tertiary/aromatic N) is 1. The zero-order valence-electron chi connectivity index (χ0n) is 11.5. The average molecular weight is 273 g/mol. The van der Waals surface area contributed by atoms with Gasteiger partial charge in [0.25, 0.3) is 0 Å². The number of benzene rings is 1. The van der Waals surface area contributed by atoms with E-state index >= 15 is 0 Å². The van der Waals surface area contributed by atoms with Gasteiger partial charge in [-0.15, -0.1) is 0 Å². The highest BCUT2D eigenvalue weighted by molar-refractivity contribution is 5.97. The fraction of sp³-hybridized carbons (Fsp3) is 0.200. The van der Waals surface area contributed by atoms with Crippen LogP contribution in [0.25, 0.3) is 11.1 Å². The molecular formula is C15H17N2O3+. The number of esters is 1. The summed E-state index contributed by atoms with van der Waals surface area (Å²) in [6.45, 7) is 2.07. The van der Waals surface area contributed by atoms with E-state index in [4.69, 9.17) is 15.3 Å². The number of carbonyl (C=O) groups excluding carboxylic acids is 1. The Morgan fingerprint density at radius 1 is 1.25 bits per heavy atom. The SMILES string of the molecule is CCOC(=O)c1c[n+](N)ccc1-c1ccccc1OC. The monoisotopic (exact) mass is 273 g/mol. The molecule has 0 saturated carbocycles. The van der Waals surface area contributed by atoms with Gasteiger partial charge >= 0.3 is 5.97 Å². The van der Waals surface area contributed by atoms with Crippen LogP contribution in [0, 0.1) is 0 Å². The van der Waals surface area contributed by atoms with Gasteiger partial charge in [0.1, 0.15) is 11.3 Å². The maximum atomic E-state index is 12.1. The van der Waals surface area contributed by atoms with Crippen LogP contribution in [0.15, 0.2) is 42.7 Å². The molecule has 0 radical (unpaired) electrons. The molecule has 1 aromatic heterocycles. The van der Waals surface area contributed by atoms with Gasteiger partial charge in [-0.05, 0) is 13.0 Å². The summed E-state index contributed by atoms with van der Waals surface area (Å²) in [5.41, 5.74) is 1.95. The van der Waals surface area contributed by atoms with Gasteiger partial charge in [0.15, 0.2) is 6.20 Å². The van der Waals surface area contributed by atoms with E-state index in [1.807, 2.05) is 24.3 Å². The van der Waals surface area contributed by atoms with Crippen LogP contribution in [0.2, 0.25) is 0 Å². The second-order valence-electron chi connectivity index (χ2n) is 4.14. The Bertz CT molecular complexity index is 626. The number of hydrogen-bond donors (Lipinski definition) is 1. The molecule has 5 nitrogen and oxygen atoms in total. The molecule has 0 unspecified atom stereocenters. The summed E-state index contributed by atoms with van der Waals surface area (Å²) in [7, 11) is 1.59. The Labute approximate surface area is 117 Å². The van der Waals surface area contributed by atoms with Crippen molar-refractivity contribution in [3.8, 4) is 16.9 Å². The van der Waals surface area contributed by atoms with Crippen molar-refractivity contribution in [1.82, 2.24) is 0 Å². The van der Waals surface area contributed by atoms with E-state index in [2.05, 4.69) is 0 Å². The predicted molar refractivity (Wildman–Crippen MR) is 74.7 cm³/mol. The van der Waals surface area contributed by atoms with Gasteiger partial charge in [0.05, 0.1) is 13.7 Å². The molecule has 0 spiro atoms. The second kappa shape index (κ2) is 6.06. The van der Waals surface area contributed by atoms with E-state index in [0.29, 0.717) is 17.9 Å². The van der Waals surface area contributed by atoms with Gasteiger partial charge in [-0.3, -0.25) is 0 Å². The Morgan fingerprint density at radius 3 is 2.70 bits per heavy atom. The first-order valence-electron chi connectivity index (χ1n) is 6.28. The van der Waals surface area contributed by atoms with E-state index < -0.39 is 5.97 Å². The molecule has 0 fully saturated rings. The van der Waals surface area contributed by atoms with Crippen LogP contribution < -0.4 is 15.3 Å². The first kappa shape index (κ1) is 13.9. The molecule has 0 amide bonds. The van der Waals surface area contributed by atoms with Crippen molar-refractivity contribution in [3.63, 3.8) is 0 Å². The van der Waals surface area contributed by atoms with Crippen LogP contribution in [0.5, 0.6) is 5.75 Å². The standard InChI is InChI=1S/C15H17N2O3/c1-3-20-15(18)13-10-17(16)9-8-11(13)12-6-4-5-7-14(12)19-2/h4-10H,3,16H2,1-2H3/q+1. The van der Waals surface area contributed by atoms with E-state index in [9.17, 15) is 4.79 Å². The van der Waals surface area contributed by atoms with Crippen molar-refractivity contribution in [2.45, 2.75) is 6.92 Å². The normalized spacial score (nSPS) is 10.1. The van der Waals surface area contributed by atoms with Crippen LogP contribution >= 0.6 is 0 Å². The Kier molecular flexibility index (Phi) is 4.20. The van der Waals surface area contributed by atoms with Crippen molar-refractivity contribution in [2.24, 2.45) is 0 Å². The third-order valence-corrected chi connectivity index (χ3v) is 2.87. The number of nitrogen functional groups attached to an aromatic ring is 1. The molecule has 20 heavy (non-hydrogen) atoms. The number of rotatable bonds is 4. The lowest BCUT2D eigenvalue weighted by Gasteiger charge is -2.10. The third-order valence-electron chi connectivity index (χ3n) is 2.87. The minimum atomic E-state index is -0.409. The number of hydrogen-bond acceptors (Lipinski definition) is 4. The van der Waals surface area contributed by atoms with Crippen molar-refractivity contribution in [1.29, 1.82) is 0 Å². The first-order valence-corrected chi connectivity index (χ1v) is 6.28. The fourth-order valence-electron chi connectivity index (χ4n) is 1.99. The molecule has 2 rings (SSSR count). The second-order valence-corrected chi connectivity index (χ2v) is 4.14. The summed E-state index contributed by atoms with van der Waals surface area (Å²) in [6.07, 6.45) is 3.21. The Hall–Kier alpha value is -2.56. The molecule has 0 saturated heterocycles. The first-order chi connectivity index (χ1) is 9.67. The number of para-hydroxylation sites is 1. The summed E-state index contributed by atoms with van der Waals surface area (Å²) < 4.78 is 11.7. The molecule has 0 aliphatic rings. The van der Waals surface area contributed by atoms with E-state index in [1.165, 1.54) is 4.68 Å². The molecule has 2 N–H and O–H groups in total. The molecule has 0 atom stereocenters. The maximum Gasteiger partial charge on any atom is 0.344 e. The van der Waals surface area contributed by atoms with Crippen LogP contribution in [0.3, 0.4) is 0 Å². The van der Waals surface area contributed by atoms with Crippen molar-refractivity contribution >= 4 is 5.97 Å². The smallest absolute Gasteiger partial charge is 0.344 e. The molecule has 2 aromatic rings. The van der Waals surface area contributed by atoms with Gasteiger partial charge in [0.2, 0.25) is 6.20 Å². The number of nitrogens with two attached hydrogens (primary N) is 1. The Morgan fingerprint density at radius 2 is 2.00 bits per heavy atom. The lowest BCUT2D eigenvalue weighted by atomic mass is 10.0. The molecule has 5 heteroatoms. The van der Waals surface area contributed by atoms with E-state index in [1.54, 1.807) is 32.5 Å². The van der Waals surface area contributed by atoms with Gasteiger partial charge in [-0.25, -0.2) is 10.6 Å². The fourth-order valence-corrected chi connectivity index (χ4v) is 1.99. The minimum Gasteiger partial charge on any atom is -0.496 e. The third kappa shape index (κ3) is 2.71. The number of methoxy groups -OCH3 is 1. The van der Waals surface area contributed by atoms with Gasteiger partial charge in [-0.2, -0.15) is 0 Å². The Balaban J connectivity index is 2.59. The number of pyridine rings is 1. The van der Waals surface area contributed by atoms with Crippen molar-refractivity contribution < 1.29 is 18.9 Å². The largest absolute Gasteiger partial charge is 0.496 e. The molecule has 0 bridgehead atoms. The summed E-state index contributed by atoms with van der Waals surface area (Å²) in [6, 6.07) is 9.25. The quantitative estimate of drug-likeness (QED) is 0.521. The molecule has 104 valence electrons. The van der Waals surface area contributed by atoms with Gasteiger partial charge in [0, 0.05) is 17.2 Å². The molecule has 0 aliphatic heterocycles. The highest BCUT2D eigenvalue weighted by Gasteiger charge is 2.20. The summed E-state index contributed by atoms with van der Waals surface area (Å²) in [5, 5.41) is 0. The van der Waals surface area contributed by atoms with Crippen LogP contribution in [-0.4, -0.2) is 19.7 Å². The topological polar surface area (TPSA) is 65.4 Å². The number of aromatic nitrogens is 1. The molecule has 0 aliphatic carbocycles. The minimum absolute atomic E-state index is 0.309. The zero-order chi connectivity index (χ0) is 14.5. The van der Waals surface area contributed by atoms with E-state index in [-0.39, 0.29) is 0 Å². The van der Waals surface area contributed by atoms with Crippen molar-refractivity contribution in [2.75, 3.05) is 19.6 Å². The highest BCUT2D eigenvalue weighted by atomic mass is 16.5. The number of carbonyl (C=O) groups is 1.